The van der Waals surface area contributed by atoms with Crippen molar-refractivity contribution in [3.8, 4) is 0 Å². The van der Waals surface area contributed by atoms with E-state index in [0.717, 1.165) is 26.8 Å². The van der Waals surface area contributed by atoms with Crippen LogP contribution in [0.25, 0.3) is 0 Å². The molecule has 2 aromatic carbocycles. The number of nitrogens with two attached hydrogens (primary N) is 1. The largest absolute Gasteiger partial charge is 0.328 e. The van der Waals surface area contributed by atoms with E-state index in [2.05, 4.69) is 0 Å². The third-order valence-corrected chi connectivity index (χ3v) is 4.76. The molecule has 0 radical (unpaired) electrons. The number of hydrogen-bond donors (Lipinski definition) is 1. The first-order valence-electron chi connectivity index (χ1n) is 6.12. The van der Waals surface area contributed by atoms with Crippen LogP contribution in [0.2, 0.25) is 15.1 Å². The molecule has 2 aromatic rings. The van der Waals surface area contributed by atoms with Crippen molar-refractivity contribution in [2.75, 3.05) is 0 Å². The van der Waals surface area contributed by atoms with E-state index in [0.29, 0.717) is 10.0 Å². The molecular weight excluding hydrogens is 333 g/mol. The summed E-state index contributed by atoms with van der Waals surface area (Å²) in [6.07, 6.45) is 0.774. The van der Waals surface area contributed by atoms with Crippen LogP contribution in [0.1, 0.15) is 12.5 Å². The summed E-state index contributed by atoms with van der Waals surface area (Å²) in [5.74, 6) is 0. The summed E-state index contributed by atoms with van der Waals surface area (Å²) >= 11 is 19.8. The van der Waals surface area contributed by atoms with Crippen molar-refractivity contribution in [3.63, 3.8) is 0 Å². The van der Waals surface area contributed by atoms with Crippen LogP contribution in [0.15, 0.2) is 46.2 Å². The van der Waals surface area contributed by atoms with Crippen LogP contribution >= 0.6 is 46.6 Å². The fraction of sp³-hybridized carbons (Fsp3) is 0.200. The van der Waals surface area contributed by atoms with Gasteiger partial charge in [0.15, 0.2) is 0 Å². The maximum atomic E-state index is 6.28. The van der Waals surface area contributed by atoms with Crippen LogP contribution in [-0.4, -0.2) is 6.04 Å². The first kappa shape index (κ1) is 16.0. The van der Waals surface area contributed by atoms with Gasteiger partial charge in [-0.1, -0.05) is 52.6 Å². The van der Waals surface area contributed by atoms with E-state index in [-0.39, 0.29) is 6.04 Å². The van der Waals surface area contributed by atoms with Gasteiger partial charge in [0, 0.05) is 20.9 Å². The first-order valence-corrected chi connectivity index (χ1v) is 8.07. The topological polar surface area (TPSA) is 26.0 Å². The SMILES string of the molecule is CC(N)Cc1ccc(Sc2ccc(Cl)c(Cl)c2)cc1Cl. The Hall–Kier alpha value is -0.380. The van der Waals surface area contributed by atoms with Crippen LogP contribution < -0.4 is 5.73 Å². The molecule has 0 aliphatic carbocycles. The zero-order chi connectivity index (χ0) is 14.7. The minimum absolute atomic E-state index is 0.0982. The lowest BCUT2D eigenvalue weighted by Gasteiger charge is -2.09. The van der Waals surface area contributed by atoms with E-state index in [1.807, 2.05) is 37.3 Å². The van der Waals surface area contributed by atoms with Gasteiger partial charge in [-0.3, -0.25) is 0 Å². The molecule has 0 spiro atoms. The van der Waals surface area contributed by atoms with Gasteiger partial charge in [0.25, 0.3) is 0 Å². The van der Waals surface area contributed by atoms with Crippen LogP contribution in [-0.2, 0) is 6.42 Å². The second-order valence-corrected chi connectivity index (χ2v) is 6.98. The summed E-state index contributed by atoms with van der Waals surface area (Å²) in [6.45, 7) is 1.97. The van der Waals surface area contributed by atoms with Crippen LogP contribution in [0.4, 0.5) is 0 Å². The summed E-state index contributed by atoms with van der Waals surface area (Å²) in [5.41, 5.74) is 6.86. The van der Waals surface area contributed by atoms with Gasteiger partial charge in [-0.05, 0) is 49.2 Å². The molecule has 0 amide bonds. The predicted octanol–water partition coefficient (Wildman–Crippen LogP) is 5.69. The minimum Gasteiger partial charge on any atom is -0.328 e. The Morgan fingerprint density at radius 1 is 0.950 bits per heavy atom. The van der Waals surface area contributed by atoms with Gasteiger partial charge < -0.3 is 5.73 Å². The molecule has 20 heavy (non-hydrogen) atoms. The lowest BCUT2D eigenvalue weighted by molar-refractivity contribution is 0.738. The van der Waals surface area contributed by atoms with Crippen LogP contribution in [0, 0.1) is 0 Å². The molecule has 1 nitrogen and oxygen atoms in total. The Balaban J connectivity index is 2.17. The maximum absolute atomic E-state index is 6.28. The standard InChI is InChI=1S/C15H14Cl3NS/c1-9(19)6-10-2-3-11(7-14(10)17)20-12-4-5-13(16)15(18)8-12/h2-5,7-9H,6,19H2,1H3. The van der Waals surface area contributed by atoms with Crippen molar-refractivity contribution in [2.24, 2.45) is 5.73 Å². The Kier molecular flexibility index (Phi) is 5.65. The van der Waals surface area contributed by atoms with Crippen molar-refractivity contribution in [2.45, 2.75) is 29.2 Å². The van der Waals surface area contributed by atoms with Crippen LogP contribution in [0.3, 0.4) is 0 Å². The van der Waals surface area contributed by atoms with Crippen molar-refractivity contribution in [1.82, 2.24) is 0 Å². The molecular formula is C15H14Cl3NS. The Labute approximate surface area is 138 Å². The predicted molar refractivity (Wildman–Crippen MR) is 89.4 cm³/mol. The molecule has 5 heteroatoms. The summed E-state index contributed by atoms with van der Waals surface area (Å²) in [4.78, 5) is 2.08. The van der Waals surface area contributed by atoms with E-state index >= 15 is 0 Å². The number of halogens is 3. The van der Waals surface area contributed by atoms with Gasteiger partial charge in [0.1, 0.15) is 0 Å². The molecule has 0 heterocycles. The fourth-order valence-corrected chi connectivity index (χ4v) is 3.36. The van der Waals surface area contributed by atoms with Crippen molar-refractivity contribution in [1.29, 1.82) is 0 Å². The van der Waals surface area contributed by atoms with E-state index in [4.69, 9.17) is 40.5 Å². The highest BCUT2D eigenvalue weighted by Crippen LogP contribution is 2.34. The summed E-state index contributed by atoms with van der Waals surface area (Å²) in [7, 11) is 0. The molecule has 0 saturated heterocycles. The van der Waals surface area contributed by atoms with Crippen molar-refractivity contribution >= 4 is 46.6 Å². The molecule has 0 saturated carbocycles. The molecule has 0 aliphatic rings. The second kappa shape index (κ2) is 7.06. The summed E-state index contributed by atoms with van der Waals surface area (Å²) in [5, 5.41) is 1.85. The van der Waals surface area contributed by atoms with Crippen molar-refractivity contribution in [3.05, 3.63) is 57.0 Å². The van der Waals surface area contributed by atoms with E-state index in [9.17, 15) is 0 Å². The lowest BCUT2D eigenvalue weighted by atomic mass is 10.1. The maximum Gasteiger partial charge on any atom is 0.0603 e. The quantitative estimate of drug-likeness (QED) is 0.769. The molecule has 0 aromatic heterocycles. The molecule has 1 atom stereocenters. The van der Waals surface area contributed by atoms with E-state index in [1.165, 1.54) is 0 Å². The molecule has 1 unspecified atom stereocenters. The van der Waals surface area contributed by atoms with Gasteiger partial charge in [0.05, 0.1) is 10.0 Å². The Morgan fingerprint density at radius 2 is 1.55 bits per heavy atom. The minimum atomic E-state index is 0.0982. The molecule has 2 rings (SSSR count). The lowest BCUT2D eigenvalue weighted by Crippen LogP contribution is -2.17. The smallest absolute Gasteiger partial charge is 0.0603 e. The third kappa shape index (κ3) is 4.31. The number of benzene rings is 2. The number of hydrogen-bond acceptors (Lipinski definition) is 2. The van der Waals surface area contributed by atoms with E-state index in [1.54, 1.807) is 17.8 Å². The average Bonchev–Trinajstić information content (AvgIpc) is 2.37. The Bertz CT molecular complexity index is 614. The summed E-state index contributed by atoms with van der Waals surface area (Å²) in [6, 6.07) is 11.7. The molecule has 2 N–H and O–H groups in total. The van der Waals surface area contributed by atoms with Gasteiger partial charge >= 0.3 is 0 Å². The van der Waals surface area contributed by atoms with Crippen LogP contribution in [0.5, 0.6) is 0 Å². The van der Waals surface area contributed by atoms with Gasteiger partial charge in [-0.25, -0.2) is 0 Å². The molecule has 0 aliphatic heterocycles. The molecule has 0 bridgehead atoms. The summed E-state index contributed by atoms with van der Waals surface area (Å²) < 4.78 is 0. The third-order valence-electron chi connectivity index (χ3n) is 2.69. The zero-order valence-corrected chi connectivity index (χ0v) is 14.0. The number of rotatable bonds is 4. The van der Waals surface area contributed by atoms with E-state index < -0.39 is 0 Å². The van der Waals surface area contributed by atoms with Crippen molar-refractivity contribution < 1.29 is 0 Å². The zero-order valence-electron chi connectivity index (χ0n) is 10.9. The normalized spacial score (nSPS) is 12.4. The second-order valence-electron chi connectivity index (χ2n) is 4.61. The van der Waals surface area contributed by atoms with Gasteiger partial charge in [0.2, 0.25) is 0 Å². The highest BCUT2D eigenvalue weighted by Gasteiger charge is 2.06. The fourth-order valence-electron chi connectivity index (χ4n) is 1.78. The first-order chi connectivity index (χ1) is 9.45. The average molecular weight is 347 g/mol. The highest BCUT2D eigenvalue weighted by atomic mass is 35.5. The monoisotopic (exact) mass is 345 g/mol. The van der Waals surface area contributed by atoms with Gasteiger partial charge in [-0.15, -0.1) is 0 Å². The highest BCUT2D eigenvalue weighted by molar-refractivity contribution is 7.99. The molecule has 0 fully saturated rings. The van der Waals surface area contributed by atoms with Gasteiger partial charge in [-0.2, -0.15) is 0 Å². The Morgan fingerprint density at radius 3 is 2.10 bits per heavy atom. The molecule has 106 valence electrons.